The second kappa shape index (κ2) is 9.39. The Hall–Kier alpha value is -1.51. The first kappa shape index (κ1) is 23.6. The summed E-state index contributed by atoms with van der Waals surface area (Å²) in [6.07, 6.45) is 2.43. The number of aromatic nitrogens is 4. The number of piperidine rings is 1. The van der Waals surface area contributed by atoms with Gasteiger partial charge in [0.05, 0.1) is 6.61 Å². The van der Waals surface area contributed by atoms with Crippen LogP contribution < -0.4 is 10.2 Å². The first-order valence-corrected chi connectivity index (χ1v) is 15.8. The van der Waals surface area contributed by atoms with Gasteiger partial charge in [-0.1, -0.05) is 19.6 Å². The molecule has 2 aliphatic rings. The van der Waals surface area contributed by atoms with Crippen molar-refractivity contribution in [2.24, 2.45) is 0 Å². The van der Waals surface area contributed by atoms with Gasteiger partial charge < -0.3 is 25.2 Å². The Balaban J connectivity index is 1.60. The molecule has 2 aromatic heterocycles. The maximum Gasteiger partial charge on any atom is 0.404 e. The molecule has 0 spiro atoms. The van der Waals surface area contributed by atoms with Gasteiger partial charge in [-0.05, 0) is 54.3 Å². The molecule has 32 heavy (non-hydrogen) atoms. The summed E-state index contributed by atoms with van der Waals surface area (Å²) in [6, 6.07) is 1.37. The Bertz CT molecular complexity index is 983. The van der Waals surface area contributed by atoms with E-state index >= 15 is 0 Å². The molecule has 0 saturated carbocycles. The van der Waals surface area contributed by atoms with Gasteiger partial charge in [0.15, 0.2) is 15.2 Å². The number of amides is 1. The van der Waals surface area contributed by atoms with E-state index in [2.05, 4.69) is 57.5 Å². The van der Waals surface area contributed by atoms with Gasteiger partial charge in [0.1, 0.15) is 17.9 Å². The first-order valence-electron chi connectivity index (χ1n) is 11.1. The third kappa shape index (κ3) is 5.02. The monoisotopic (exact) mass is 574 g/mol. The zero-order valence-corrected chi connectivity index (χ0v) is 21.9. The van der Waals surface area contributed by atoms with Gasteiger partial charge in [-0.25, -0.2) is 19.4 Å². The standard InChI is InChI=1S/C20H31IN6O4Si/c1-32(2,3)7-6-31-11-26-19-16(17(21)25-26)23-15(10-28)18(24-19)27-13-4-5-14(27)9-12(8-13)22-20(29)30/h12-14,22,28H,4-11H2,1-3H3,(H,29,30)/t12?,13-,14+. The van der Waals surface area contributed by atoms with Gasteiger partial charge in [0, 0.05) is 32.8 Å². The molecule has 0 aliphatic carbocycles. The number of aliphatic hydroxyl groups is 1. The Labute approximate surface area is 201 Å². The summed E-state index contributed by atoms with van der Waals surface area (Å²) in [5.41, 5.74) is 1.86. The van der Waals surface area contributed by atoms with Crippen LogP contribution in [0.2, 0.25) is 25.7 Å². The van der Waals surface area contributed by atoms with Crippen molar-refractivity contribution in [1.82, 2.24) is 25.1 Å². The zero-order chi connectivity index (χ0) is 23.0. The highest BCUT2D eigenvalue weighted by molar-refractivity contribution is 14.1. The molecular formula is C20H31IN6O4Si. The van der Waals surface area contributed by atoms with Crippen molar-refractivity contribution in [3.8, 4) is 0 Å². The van der Waals surface area contributed by atoms with Gasteiger partial charge in [-0.3, -0.25) is 0 Å². The predicted octanol–water partition coefficient (Wildman–Crippen LogP) is 3.00. The Morgan fingerprint density at radius 2 is 1.94 bits per heavy atom. The Morgan fingerprint density at radius 1 is 1.25 bits per heavy atom. The summed E-state index contributed by atoms with van der Waals surface area (Å²) in [4.78, 5) is 23.0. The van der Waals surface area contributed by atoms with E-state index in [1.165, 1.54) is 0 Å². The van der Waals surface area contributed by atoms with Crippen molar-refractivity contribution in [2.75, 3.05) is 11.5 Å². The average Bonchev–Trinajstić information content (AvgIpc) is 3.15. The molecule has 3 N–H and O–H groups in total. The molecule has 2 saturated heterocycles. The van der Waals surface area contributed by atoms with Gasteiger partial charge in [-0.15, -0.1) is 0 Å². The molecule has 1 amide bonds. The number of anilines is 1. The van der Waals surface area contributed by atoms with Gasteiger partial charge >= 0.3 is 6.09 Å². The molecule has 0 aromatic carbocycles. The second-order valence-electron chi connectivity index (χ2n) is 9.87. The lowest BCUT2D eigenvalue weighted by atomic mass is 9.97. The fourth-order valence-electron chi connectivity index (χ4n) is 4.72. The lowest BCUT2D eigenvalue weighted by Crippen LogP contribution is -2.51. The van der Waals surface area contributed by atoms with Gasteiger partial charge in [0.25, 0.3) is 0 Å². The summed E-state index contributed by atoms with van der Waals surface area (Å²) in [5, 5.41) is 26.4. The number of ether oxygens (including phenoxy) is 1. The minimum Gasteiger partial charge on any atom is -0.465 e. The number of carboxylic acid groups (broad SMARTS) is 1. The van der Waals surface area contributed by atoms with Crippen LogP contribution in [0.15, 0.2) is 0 Å². The number of hydrogen-bond donors (Lipinski definition) is 3. The van der Waals surface area contributed by atoms with Crippen molar-refractivity contribution in [1.29, 1.82) is 0 Å². The second-order valence-corrected chi connectivity index (χ2v) is 16.5. The van der Waals surface area contributed by atoms with Gasteiger partial charge in [-0.2, -0.15) is 5.10 Å². The number of rotatable bonds is 8. The van der Waals surface area contributed by atoms with Crippen LogP contribution in [0.25, 0.3) is 11.2 Å². The Kier molecular flexibility index (Phi) is 6.93. The lowest BCUT2D eigenvalue weighted by Gasteiger charge is -2.40. The van der Waals surface area contributed by atoms with Crippen LogP contribution in [0.3, 0.4) is 0 Å². The highest BCUT2D eigenvalue weighted by Gasteiger charge is 2.43. The molecule has 176 valence electrons. The van der Waals surface area contributed by atoms with Crippen LogP contribution in [0.5, 0.6) is 0 Å². The van der Waals surface area contributed by atoms with E-state index in [9.17, 15) is 9.90 Å². The SMILES string of the molecule is C[Si](C)(C)CCOCn1nc(I)c2nc(CO)c(N3[C@@H]4CC[C@H]3CC(NC(=O)O)C4)nc21. The first-order chi connectivity index (χ1) is 15.2. The van der Waals surface area contributed by atoms with E-state index in [0.717, 1.165) is 35.4 Å². The van der Waals surface area contributed by atoms with Crippen LogP contribution in [0, 0.1) is 3.70 Å². The quantitative estimate of drug-likeness (QED) is 0.250. The zero-order valence-electron chi connectivity index (χ0n) is 18.7. The molecule has 2 fully saturated rings. The molecule has 3 atom stereocenters. The van der Waals surface area contributed by atoms with Crippen molar-refractivity contribution in [3.63, 3.8) is 0 Å². The number of carbonyl (C=O) groups is 1. The van der Waals surface area contributed by atoms with Crippen molar-refractivity contribution in [3.05, 3.63) is 9.39 Å². The minimum atomic E-state index is -1.17. The topological polar surface area (TPSA) is 126 Å². The van der Waals surface area contributed by atoms with Crippen molar-refractivity contribution < 1.29 is 19.7 Å². The van der Waals surface area contributed by atoms with Crippen LogP contribution in [0.4, 0.5) is 10.6 Å². The number of hydrogen-bond acceptors (Lipinski definition) is 7. The van der Waals surface area contributed by atoms with E-state index in [0.29, 0.717) is 36.0 Å². The maximum absolute atomic E-state index is 11.1. The van der Waals surface area contributed by atoms with Crippen LogP contribution in [0.1, 0.15) is 31.4 Å². The number of nitrogens with one attached hydrogen (secondary N) is 1. The molecule has 2 aliphatic heterocycles. The molecule has 2 bridgehead atoms. The van der Waals surface area contributed by atoms with E-state index in [1.807, 2.05) is 0 Å². The Morgan fingerprint density at radius 3 is 2.53 bits per heavy atom. The van der Waals surface area contributed by atoms with E-state index < -0.39 is 14.2 Å². The smallest absolute Gasteiger partial charge is 0.404 e. The molecule has 10 nitrogen and oxygen atoms in total. The van der Waals surface area contributed by atoms with Crippen molar-refractivity contribution >= 4 is 53.7 Å². The molecule has 4 rings (SSSR count). The largest absolute Gasteiger partial charge is 0.465 e. The molecule has 4 heterocycles. The molecular weight excluding hydrogens is 543 g/mol. The molecule has 0 radical (unpaired) electrons. The van der Waals surface area contributed by atoms with Crippen LogP contribution >= 0.6 is 22.6 Å². The normalized spacial score (nSPS) is 23.2. The van der Waals surface area contributed by atoms with Gasteiger partial charge in [0.2, 0.25) is 0 Å². The highest BCUT2D eigenvalue weighted by atomic mass is 127. The summed E-state index contributed by atoms with van der Waals surface area (Å²) in [5.74, 6) is 0.681. The molecule has 12 heteroatoms. The number of halogens is 1. The van der Waals surface area contributed by atoms with E-state index in [1.54, 1.807) is 4.68 Å². The lowest BCUT2D eigenvalue weighted by molar-refractivity contribution is 0.0810. The summed E-state index contributed by atoms with van der Waals surface area (Å²) in [7, 11) is -1.17. The number of aliphatic hydroxyl groups excluding tert-OH is 1. The fourth-order valence-corrected chi connectivity index (χ4v) is 6.10. The predicted molar refractivity (Wildman–Crippen MR) is 132 cm³/mol. The highest BCUT2D eigenvalue weighted by Crippen LogP contribution is 2.40. The molecule has 1 unspecified atom stereocenters. The third-order valence-corrected chi connectivity index (χ3v) is 8.67. The third-order valence-electron chi connectivity index (χ3n) is 6.24. The van der Waals surface area contributed by atoms with Crippen molar-refractivity contribution in [2.45, 2.75) is 82.8 Å². The number of nitrogens with zero attached hydrogens (tertiary/aromatic N) is 5. The minimum absolute atomic E-state index is 0.0539. The fraction of sp³-hybridized carbons (Fsp3) is 0.700. The average molecular weight is 574 g/mol. The maximum atomic E-state index is 11.1. The number of fused-ring (bicyclic) bond motifs is 3. The van der Waals surface area contributed by atoms with Crippen LogP contribution in [-0.4, -0.2) is 68.9 Å². The summed E-state index contributed by atoms with van der Waals surface area (Å²) >= 11 is 2.14. The van der Waals surface area contributed by atoms with E-state index in [-0.39, 0.29) is 24.7 Å². The molecule has 2 aromatic rings. The summed E-state index contributed by atoms with van der Waals surface area (Å²) in [6.45, 7) is 7.75. The van der Waals surface area contributed by atoms with E-state index in [4.69, 9.17) is 19.8 Å². The van der Waals surface area contributed by atoms with Crippen LogP contribution in [-0.2, 0) is 18.1 Å². The summed E-state index contributed by atoms with van der Waals surface area (Å²) < 4.78 is 8.38.